The Labute approximate surface area is 105 Å². The lowest BCUT2D eigenvalue weighted by Crippen LogP contribution is -2.39. The van der Waals surface area contributed by atoms with Gasteiger partial charge in [-0.15, -0.1) is 0 Å². The van der Waals surface area contributed by atoms with E-state index in [1.54, 1.807) is 0 Å². The fourth-order valence-corrected chi connectivity index (χ4v) is 2.81. The molecule has 2 rings (SSSR count). The molecule has 0 aromatic heterocycles. The minimum Gasteiger partial charge on any atom is -0.372 e. The monoisotopic (exact) mass is 232 g/mol. The minimum absolute atomic E-state index is 0.710. The summed E-state index contributed by atoms with van der Waals surface area (Å²) in [5.74, 6) is 0. The van der Waals surface area contributed by atoms with Crippen molar-refractivity contribution in [3.8, 4) is 0 Å². The van der Waals surface area contributed by atoms with Crippen molar-refractivity contribution in [3.05, 3.63) is 29.8 Å². The van der Waals surface area contributed by atoms with Crippen LogP contribution in [0.4, 0.5) is 5.69 Å². The zero-order chi connectivity index (χ0) is 12.3. The van der Waals surface area contributed by atoms with Gasteiger partial charge in [-0.1, -0.05) is 12.1 Å². The third-order valence-corrected chi connectivity index (χ3v) is 4.06. The Bertz CT molecular complexity index is 354. The molecule has 1 aliphatic rings. The van der Waals surface area contributed by atoms with Crippen molar-refractivity contribution in [3.63, 3.8) is 0 Å². The molecule has 1 aromatic rings. The summed E-state index contributed by atoms with van der Waals surface area (Å²) < 4.78 is 0. The predicted octanol–water partition coefficient (Wildman–Crippen LogP) is 2.96. The number of benzene rings is 1. The summed E-state index contributed by atoms with van der Waals surface area (Å²) in [6.07, 6.45) is 5.21. The fraction of sp³-hybridized carbons (Fsp3) is 0.600. The van der Waals surface area contributed by atoms with Gasteiger partial charge in [0, 0.05) is 24.8 Å². The summed E-state index contributed by atoms with van der Waals surface area (Å²) >= 11 is 0. The summed E-state index contributed by atoms with van der Waals surface area (Å²) in [4.78, 5) is 2.46. The molecule has 1 saturated carbocycles. The molecule has 0 spiro atoms. The van der Waals surface area contributed by atoms with Crippen molar-refractivity contribution >= 4 is 5.69 Å². The van der Waals surface area contributed by atoms with E-state index in [9.17, 15) is 0 Å². The van der Waals surface area contributed by atoms with E-state index >= 15 is 0 Å². The van der Waals surface area contributed by atoms with E-state index in [4.69, 9.17) is 0 Å². The number of anilines is 1. The molecule has 17 heavy (non-hydrogen) atoms. The molecule has 0 atom stereocenters. The lowest BCUT2D eigenvalue weighted by molar-refractivity contribution is 0.351. The number of nitrogens with one attached hydrogen (secondary N) is 1. The summed E-state index contributed by atoms with van der Waals surface area (Å²) in [7, 11) is 4.31. The fourth-order valence-electron chi connectivity index (χ4n) is 2.81. The molecular formula is C15H24N2. The highest BCUT2D eigenvalue weighted by Gasteiger charge is 2.23. The van der Waals surface area contributed by atoms with E-state index in [2.05, 4.69) is 55.5 Å². The van der Waals surface area contributed by atoms with Gasteiger partial charge in [0.25, 0.3) is 0 Å². The van der Waals surface area contributed by atoms with Crippen LogP contribution >= 0.6 is 0 Å². The predicted molar refractivity (Wildman–Crippen MR) is 74.7 cm³/mol. The van der Waals surface area contributed by atoms with Crippen LogP contribution in [0.3, 0.4) is 0 Å². The Morgan fingerprint density at radius 2 is 1.88 bits per heavy atom. The first-order chi connectivity index (χ1) is 8.20. The molecule has 0 heterocycles. The second-order valence-electron chi connectivity index (χ2n) is 5.24. The maximum atomic E-state index is 3.39. The second kappa shape index (κ2) is 5.54. The van der Waals surface area contributed by atoms with Gasteiger partial charge in [0.2, 0.25) is 0 Å². The van der Waals surface area contributed by atoms with Crippen molar-refractivity contribution in [2.45, 2.75) is 44.7 Å². The van der Waals surface area contributed by atoms with E-state index in [1.165, 1.54) is 36.9 Å². The quantitative estimate of drug-likeness (QED) is 0.862. The van der Waals surface area contributed by atoms with Crippen LogP contribution in [-0.2, 0) is 0 Å². The average Bonchev–Trinajstić information content (AvgIpc) is 2.38. The number of nitrogens with zero attached hydrogens (tertiary/aromatic N) is 1. The van der Waals surface area contributed by atoms with Gasteiger partial charge in [-0.25, -0.2) is 0 Å². The van der Waals surface area contributed by atoms with Crippen molar-refractivity contribution in [1.29, 1.82) is 0 Å². The molecule has 2 heteroatoms. The minimum atomic E-state index is 0.710. The average molecular weight is 232 g/mol. The first-order valence-electron chi connectivity index (χ1n) is 6.67. The smallest absolute Gasteiger partial charge is 0.0368 e. The molecule has 0 saturated heterocycles. The van der Waals surface area contributed by atoms with E-state index in [0.717, 1.165) is 6.04 Å². The van der Waals surface area contributed by atoms with Crippen LogP contribution in [-0.4, -0.2) is 26.2 Å². The van der Waals surface area contributed by atoms with Crippen molar-refractivity contribution in [2.75, 3.05) is 19.0 Å². The third kappa shape index (κ3) is 3.01. The van der Waals surface area contributed by atoms with Gasteiger partial charge < -0.3 is 10.2 Å². The highest BCUT2D eigenvalue weighted by Crippen LogP contribution is 2.26. The van der Waals surface area contributed by atoms with Crippen LogP contribution in [0.25, 0.3) is 0 Å². The van der Waals surface area contributed by atoms with Gasteiger partial charge in [-0.3, -0.25) is 0 Å². The van der Waals surface area contributed by atoms with Crippen molar-refractivity contribution < 1.29 is 0 Å². The molecule has 1 N–H and O–H groups in total. The Morgan fingerprint density at radius 1 is 1.18 bits per heavy atom. The summed E-state index contributed by atoms with van der Waals surface area (Å²) in [5, 5.41) is 3.39. The zero-order valence-electron chi connectivity index (χ0n) is 11.2. The normalized spacial score (nSPS) is 24.6. The summed E-state index contributed by atoms with van der Waals surface area (Å²) in [5.41, 5.74) is 2.70. The number of hydrogen-bond acceptors (Lipinski definition) is 2. The molecule has 0 aliphatic heterocycles. The third-order valence-electron chi connectivity index (χ3n) is 4.06. The van der Waals surface area contributed by atoms with Gasteiger partial charge in [-0.05, 0) is 57.4 Å². The Kier molecular flexibility index (Phi) is 4.06. The molecule has 1 aromatic carbocycles. The van der Waals surface area contributed by atoms with E-state index in [1.807, 2.05) is 0 Å². The maximum absolute atomic E-state index is 3.39. The summed E-state index contributed by atoms with van der Waals surface area (Å²) in [6, 6.07) is 10.3. The molecule has 94 valence electrons. The SMILES string of the molecule is CNC1CCC(N(C)c2cccc(C)c2)CC1. The highest BCUT2D eigenvalue weighted by atomic mass is 15.1. The zero-order valence-corrected chi connectivity index (χ0v) is 11.2. The molecular weight excluding hydrogens is 208 g/mol. The van der Waals surface area contributed by atoms with Crippen LogP contribution in [0.1, 0.15) is 31.2 Å². The van der Waals surface area contributed by atoms with Gasteiger partial charge in [0.1, 0.15) is 0 Å². The van der Waals surface area contributed by atoms with Crippen LogP contribution in [0.5, 0.6) is 0 Å². The molecule has 1 aliphatic carbocycles. The summed E-state index contributed by atoms with van der Waals surface area (Å²) in [6.45, 7) is 2.16. The van der Waals surface area contributed by atoms with Gasteiger partial charge in [0.15, 0.2) is 0 Å². The largest absolute Gasteiger partial charge is 0.372 e. The molecule has 2 nitrogen and oxygen atoms in total. The number of hydrogen-bond donors (Lipinski definition) is 1. The van der Waals surface area contributed by atoms with E-state index < -0.39 is 0 Å². The Hall–Kier alpha value is -1.02. The topological polar surface area (TPSA) is 15.3 Å². The molecule has 0 unspecified atom stereocenters. The molecule has 1 fully saturated rings. The van der Waals surface area contributed by atoms with Crippen LogP contribution in [0.2, 0.25) is 0 Å². The highest BCUT2D eigenvalue weighted by molar-refractivity contribution is 5.48. The second-order valence-corrected chi connectivity index (χ2v) is 5.24. The molecule has 0 radical (unpaired) electrons. The number of aryl methyl sites for hydroxylation is 1. The first-order valence-corrected chi connectivity index (χ1v) is 6.67. The standard InChI is InChI=1S/C15H24N2/c1-12-5-4-6-15(11-12)17(3)14-9-7-13(16-2)8-10-14/h4-6,11,13-14,16H,7-10H2,1-3H3. The van der Waals surface area contributed by atoms with Crippen LogP contribution in [0.15, 0.2) is 24.3 Å². The van der Waals surface area contributed by atoms with Crippen molar-refractivity contribution in [1.82, 2.24) is 5.32 Å². The lowest BCUT2D eigenvalue weighted by Gasteiger charge is -2.36. The first kappa shape index (κ1) is 12.4. The van der Waals surface area contributed by atoms with Crippen LogP contribution in [0, 0.1) is 6.92 Å². The molecule has 0 amide bonds. The van der Waals surface area contributed by atoms with Gasteiger partial charge in [-0.2, -0.15) is 0 Å². The maximum Gasteiger partial charge on any atom is 0.0368 e. The molecule has 0 bridgehead atoms. The Morgan fingerprint density at radius 3 is 2.47 bits per heavy atom. The van der Waals surface area contributed by atoms with Crippen LogP contribution < -0.4 is 10.2 Å². The lowest BCUT2D eigenvalue weighted by atomic mass is 9.90. The number of rotatable bonds is 3. The van der Waals surface area contributed by atoms with E-state index in [-0.39, 0.29) is 0 Å². The van der Waals surface area contributed by atoms with Gasteiger partial charge in [0.05, 0.1) is 0 Å². The Balaban J connectivity index is 1.99. The van der Waals surface area contributed by atoms with E-state index in [0.29, 0.717) is 6.04 Å². The van der Waals surface area contributed by atoms with Crippen molar-refractivity contribution in [2.24, 2.45) is 0 Å². The van der Waals surface area contributed by atoms with Gasteiger partial charge >= 0.3 is 0 Å².